The second kappa shape index (κ2) is 9.50. The van der Waals surface area contributed by atoms with Gasteiger partial charge in [-0.25, -0.2) is 14.4 Å². The summed E-state index contributed by atoms with van der Waals surface area (Å²) in [6.07, 6.45) is 2.32. The minimum Gasteiger partial charge on any atom is -0.481 e. The summed E-state index contributed by atoms with van der Waals surface area (Å²) in [4.78, 5) is 37.4. The van der Waals surface area contributed by atoms with E-state index in [-0.39, 0.29) is 30.1 Å². The lowest BCUT2D eigenvalue weighted by molar-refractivity contribution is -0.134. The number of fused-ring (bicyclic) bond motifs is 1. The van der Waals surface area contributed by atoms with E-state index in [1.165, 1.54) is 12.1 Å². The van der Waals surface area contributed by atoms with Crippen molar-refractivity contribution in [2.75, 3.05) is 38.6 Å². The number of amides is 2. The summed E-state index contributed by atoms with van der Waals surface area (Å²) in [5.74, 6) is 1.23. The highest BCUT2D eigenvalue weighted by Gasteiger charge is 2.29. The number of hydrogen-bond donors (Lipinski definition) is 1. The third-order valence-corrected chi connectivity index (χ3v) is 6.16. The van der Waals surface area contributed by atoms with Crippen molar-refractivity contribution >= 4 is 17.6 Å². The Bertz CT molecular complexity index is 990. The van der Waals surface area contributed by atoms with Crippen molar-refractivity contribution in [1.82, 2.24) is 19.8 Å². The van der Waals surface area contributed by atoms with Crippen LogP contribution in [0.3, 0.4) is 0 Å². The predicted octanol–water partition coefficient (Wildman–Crippen LogP) is 2.35. The Hall–Kier alpha value is -3.23. The van der Waals surface area contributed by atoms with Crippen molar-refractivity contribution in [3.05, 3.63) is 47.2 Å². The number of aromatic nitrogens is 2. The van der Waals surface area contributed by atoms with Crippen LogP contribution >= 0.6 is 0 Å². The van der Waals surface area contributed by atoms with Gasteiger partial charge in [0.2, 0.25) is 5.91 Å². The molecule has 2 aliphatic rings. The van der Waals surface area contributed by atoms with Crippen molar-refractivity contribution < 1.29 is 18.7 Å². The summed E-state index contributed by atoms with van der Waals surface area (Å²) >= 11 is 0. The SMILES string of the molecule is CNc1nc(C2CCN(C(C)=O)CC2)nc2c1CN(C(=O)COc1ccccc1F)CC2. The second-order valence-corrected chi connectivity index (χ2v) is 8.17. The van der Waals surface area contributed by atoms with Gasteiger partial charge in [-0.2, -0.15) is 0 Å². The van der Waals surface area contributed by atoms with Crippen LogP contribution in [0, 0.1) is 5.82 Å². The summed E-state index contributed by atoms with van der Waals surface area (Å²) in [6.45, 7) is 3.73. The van der Waals surface area contributed by atoms with Gasteiger partial charge >= 0.3 is 0 Å². The second-order valence-electron chi connectivity index (χ2n) is 8.17. The van der Waals surface area contributed by atoms with Crippen molar-refractivity contribution in [3.8, 4) is 5.75 Å². The van der Waals surface area contributed by atoms with Crippen molar-refractivity contribution in [1.29, 1.82) is 0 Å². The van der Waals surface area contributed by atoms with Crippen LogP contribution in [0.5, 0.6) is 5.75 Å². The van der Waals surface area contributed by atoms with Gasteiger partial charge in [0.15, 0.2) is 18.2 Å². The van der Waals surface area contributed by atoms with Crippen molar-refractivity contribution in [2.45, 2.75) is 38.6 Å². The predicted molar refractivity (Wildman–Crippen MR) is 117 cm³/mol. The van der Waals surface area contributed by atoms with Gasteiger partial charge in [-0.15, -0.1) is 0 Å². The number of para-hydroxylation sites is 1. The van der Waals surface area contributed by atoms with Gasteiger partial charge in [0.25, 0.3) is 5.91 Å². The molecule has 0 saturated carbocycles. The van der Waals surface area contributed by atoms with Gasteiger partial charge in [0.1, 0.15) is 11.6 Å². The van der Waals surface area contributed by atoms with E-state index in [1.807, 2.05) is 11.9 Å². The molecular weight excluding hydrogens is 413 g/mol. The van der Waals surface area contributed by atoms with Gasteiger partial charge in [-0.3, -0.25) is 9.59 Å². The quantitative estimate of drug-likeness (QED) is 0.767. The van der Waals surface area contributed by atoms with E-state index in [2.05, 4.69) is 5.32 Å². The fourth-order valence-electron chi connectivity index (χ4n) is 4.28. The number of likely N-dealkylation sites (tertiary alicyclic amines) is 1. The number of ether oxygens (including phenoxy) is 1. The van der Waals surface area contributed by atoms with E-state index in [1.54, 1.807) is 24.0 Å². The average molecular weight is 442 g/mol. The van der Waals surface area contributed by atoms with E-state index in [9.17, 15) is 14.0 Å². The van der Waals surface area contributed by atoms with E-state index < -0.39 is 5.82 Å². The number of halogens is 1. The van der Waals surface area contributed by atoms with Crippen molar-refractivity contribution in [2.24, 2.45) is 0 Å². The normalized spacial score (nSPS) is 16.5. The Balaban J connectivity index is 1.43. The zero-order valence-corrected chi connectivity index (χ0v) is 18.4. The lowest BCUT2D eigenvalue weighted by atomic mass is 9.95. The maximum Gasteiger partial charge on any atom is 0.260 e. The minimum absolute atomic E-state index is 0.0676. The molecule has 4 rings (SSSR count). The first kappa shape index (κ1) is 22.0. The van der Waals surface area contributed by atoms with Crippen LogP contribution < -0.4 is 10.1 Å². The zero-order valence-electron chi connectivity index (χ0n) is 18.4. The van der Waals surface area contributed by atoms with Gasteiger partial charge in [-0.1, -0.05) is 12.1 Å². The van der Waals surface area contributed by atoms with Gasteiger partial charge in [0, 0.05) is 51.5 Å². The minimum atomic E-state index is -0.489. The number of carbonyl (C=O) groups excluding carboxylic acids is 2. The van der Waals surface area contributed by atoms with Crippen LogP contribution in [-0.4, -0.2) is 64.9 Å². The lowest BCUT2D eigenvalue weighted by Gasteiger charge is -2.32. The number of anilines is 1. The standard InChI is InChI=1S/C23H28FN5O3/c1-15(30)28-10-7-16(8-11-28)22-26-19-9-12-29(13-17(19)23(25-2)27-22)21(31)14-32-20-6-4-3-5-18(20)24/h3-6,16H,7-14H2,1-2H3,(H,25,26,27). The molecule has 1 saturated heterocycles. The van der Waals surface area contributed by atoms with Gasteiger partial charge in [-0.05, 0) is 25.0 Å². The van der Waals surface area contributed by atoms with Crippen LogP contribution in [0.4, 0.5) is 10.2 Å². The first-order valence-electron chi connectivity index (χ1n) is 10.9. The third-order valence-electron chi connectivity index (χ3n) is 6.16. The van der Waals surface area contributed by atoms with E-state index in [4.69, 9.17) is 14.7 Å². The molecule has 170 valence electrons. The number of nitrogens with zero attached hydrogens (tertiary/aromatic N) is 4. The summed E-state index contributed by atoms with van der Waals surface area (Å²) < 4.78 is 19.1. The molecule has 32 heavy (non-hydrogen) atoms. The Morgan fingerprint density at radius 2 is 1.91 bits per heavy atom. The fourth-order valence-corrected chi connectivity index (χ4v) is 4.28. The smallest absolute Gasteiger partial charge is 0.260 e. The molecule has 2 aliphatic heterocycles. The molecular formula is C23H28FN5O3. The molecule has 1 aromatic heterocycles. The highest BCUT2D eigenvalue weighted by atomic mass is 19.1. The van der Waals surface area contributed by atoms with E-state index in [0.29, 0.717) is 19.5 Å². The van der Waals surface area contributed by atoms with E-state index in [0.717, 1.165) is 48.8 Å². The maximum absolute atomic E-state index is 13.7. The molecule has 3 heterocycles. The third kappa shape index (κ3) is 4.66. The first-order valence-corrected chi connectivity index (χ1v) is 10.9. The van der Waals surface area contributed by atoms with Gasteiger partial charge < -0.3 is 19.9 Å². The number of hydrogen-bond acceptors (Lipinski definition) is 6. The van der Waals surface area contributed by atoms with Crippen LogP contribution in [0.15, 0.2) is 24.3 Å². The number of nitrogens with one attached hydrogen (secondary N) is 1. The monoisotopic (exact) mass is 441 g/mol. The zero-order chi connectivity index (χ0) is 22.7. The number of carbonyl (C=O) groups is 2. The Morgan fingerprint density at radius 3 is 2.59 bits per heavy atom. The molecule has 8 nitrogen and oxygen atoms in total. The van der Waals surface area contributed by atoms with Crippen LogP contribution in [0.2, 0.25) is 0 Å². The Kier molecular flexibility index (Phi) is 6.53. The molecule has 2 aromatic rings. The maximum atomic E-state index is 13.7. The number of rotatable bonds is 5. The highest BCUT2D eigenvalue weighted by molar-refractivity contribution is 5.78. The largest absolute Gasteiger partial charge is 0.481 e. The summed E-state index contributed by atoms with van der Waals surface area (Å²) in [5.41, 5.74) is 1.86. The molecule has 0 atom stereocenters. The molecule has 1 fully saturated rings. The summed E-state index contributed by atoms with van der Waals surface area (Å²) in [6, 6.07) is 6.04. The Morgan fingerprint density at radius 1 is 1.16 bits per heavy atom. The fraction of sp³-hybridized carbons (Fsp3) is 0.478. The average Bonchev–Trinajstić information content (AvgIpc) is 2.82. The Labute approximate surface area is 186 Å². The molecule has 0 aliphatic carbocycles. The molecule has 0 bridgehead atoms. The van der Waals surface area contributed by atoms with Crippen LogP contribution in [0.1, 0.15) is 42.8 Å². The molecule has 0 unspecified atom stereocenters. The number of benzene rings is 1. The highest BCUT2D eigenvalue weighted by Crippen LogP contribution is 2.30. The van der Waals surface area contributed by atoms with E-state index >= 15 is 0 Å². The molecule has 0 radical (unpaired) electrons. The topological polar surface area (TPSA) is 87.7 Å². The first-order chi connectivity index (χ1) is 15.5. The van der Waals surface area contributed by atoms with Crippen LogP contribution in [0.25, 0.3) is 0 Å². The summed E-state index contributed by atoms with van der Waals surface area (Å²) in [5, 5.41) is 3.15. The molecule has 2 amide bonds. The lowest BCUT2D eigenvalue weighted by Crippen LogP contribution is -2.40. The summed E-state index contributed by atoms with van der Waals surface area (Å²) in [7, 11) is 1.81. The van der Waals surface area contributed by atoms with Gasteiger partial charge in [0.05, 0.1) is 12.2 Å². The number of piperidine rings is 1. The van der Waals surface area contributed by atoms with Crippen LogP contribution in [-0.2, 0) is 22.6 Å². The molecule has 1 N–H and O–H groups in total. The molecule has 9 heteroatoms. The molecule has 0 spiro atoms. The van der Waals surface area contributed by atoms with Crippen molar-refractivity contribution in [3.63, 3.8) is 0 Å². The molecule has 1 aromatic carbocycles.